The first-order valence-corrected chi connectivity index (χ1v) is 32.3. The molecule has 0 unspecified atom stereocenters. The molecule has 91 heavy (non-hydrogen) atoms. The molecule has 10 N–H and O–H groups in total. The van der Waals surface area contributed by atoms with E-state index in [1.807, 2.05) is 24.3 Å². The van der Waals surface area contributed by atoms with Crippen molar-refractivity contribution in [2.45, 2.75) is 158 Å². The molecule has 4 aromatic rings. The van der Waals surface area contributed by atoms with Gasteiger partial charge in [-0.3, -0.25) is 38.4 Å². The van der Waals surface area contributed by atoms with Gasteiger partial charge in [-0.1, -0.05) is 33.4 Å². The molecule has 0 spiro atoms. The Hall–Kier alpha value is -7.02. The number of likely N-dealkylation sites (tertiary alicyclic amines) is 1. The number of amides is 6. The molecule has 4 aliphatic carbocycles. The van der Waals surface area contributed by atoms with Crippen LogP contribution in [0.5, 0.6) is 23.0 Å². The third kappa shape index (κ3) is 18.2. The van der Waals surface area contributed by atoms with Crippen LogP contribution in [0.4, 0.5) is 4.79 Å². The summed E-state index contributed by atoms with van der Waals surface area (Å²) in [5.74, 6) is -1.82. The van der Waals surface area contributed by atoms with E-state index < -0.39 is 114 Å². The molecule has 6 fully saturated rings. The summed E-state index contributed by atoms with van der Waals surface area (Å²) in [6, 6.07) is 11.8. The van der Waals surface area contributed by atoms with Gasteiger partial charge in [-0.2, -0.15) is 0 Å². The van der Waals surface area contributed by atoms with Crippen molar-refractivity contribution in [2.75, 3.05) is 27.3 Å². The number of nitrogens with two attached hydrogens (primary N) is 1. The van der Waals surface area contributed by atoms with E-state index in [1.165, 1.54) is 17.8 Å². The Balaban J connectivity index is 0.000000316. The largest absolute Gasteiger partial charge is 1.00 e. The minimum Gasteiger partial charge on any atom is -1.00 e. The normalized spacial score (nSPS) is 24.0. The van der Waals surface area contributed by atoms with Gasteiger partial charge in [0, 0.05) is 54.9 Å². The average molecular weight is 1350 g/mol. The third-order valence-electron chi connectivity index (χ3n) is 15.8. The van der Waals surface area contributed by atoms with Crippen LogP contribution in [0.15, 0.2) is 86.2 Å². The number of aromatic nitrogens is 2. The number of rotatable bonds is 21. The van der Waals surface area contributed by atoms with E-state index in [0.29, 0.717) is 73.2 Å². The highest BCUT2D eigenvalue weighted by Gasteiger charge is 2.63. The number of nitrogens with zero attached hydrogens (tertiary/aromatic N) is 2. The fraction of sp³-hybridized carbons (Fsp3) is 0.533. The molecule has 4 saturated carbocycles. The lowest BCUT2D eigenvalue weighted by molar-refractivity contribution is -0.344. The summed E-state index contributed by atoms with van der Waals surface area (Å²) in [5.41, 5.74) is 2.51. The van der Waals surface area contributed by atoms with Crippen LogP contribution in [-0.4, -0.2) is 159 Å². The van der Waals surface area contributed by atoms with Crippen LogP contribution < -0.4 is 72.7 Å². The van der Waals surface area contributed by atoms with Crippen molar-refractivity contribution in [2.24, 2.45) is 23.4 Å². The number of pyridine rings is 2. The molecule has 26 nitrogen and oxygen atoms in total. The van der Waals surface area contributed by atoms with Crippen LogP contribution in [0, 0.1) is 17.8 Å². The maximum atomic E-state index is 14.2. The van der Waals surface area contributed by atoms with E-state index in [9.17, 15) is 45.6 Å². The second kappa shape index (κ2) is 30.2. The lowest BCUT2D eigenvalue weighted by atomic mass is 9.92. The van der Waals surface area contributed by atoms with Crippen LogP contribution in [0.25, 0.3) is 21.8 Å². The fourth-order valence-electron chi connectivity index (χ4n) is 10.6. The maximum Gasteiger partial charge on any atom is 0.408 e. The van der Waals surface area contributed by atoms with E-state index in [0.717, 1.165) is 16.7 Å². The summed E-state index contributed by atoms with van der Waals surface area (Å²) in [6.07, 6.45) is 7.64. The van der Waals surface area contributed by atoms with Gasteiger partial charge in [0.2, 0.25) is 43.3 Å². The molecule has 6 aliphatic rings. The fourth-order valence-corrected chi connectivity index (χ4v) is 13.3. The monoisotopic (exact) mass is 1350 g/mol. The summed E-state index contributed by atoms with van der Waals surface area (Å²) in [7, 11) is -5.11. The third-order valence-corrected chi connectivity index (χ3v) is 19.5. The molecule has 0 bridgehead atoms. The van der Waals surface area contributed by atoms with Crippen LogP contribution >= 0.6 is 12.4 Å². The van der Waals surface area contributed by atoms with Crippen molar-refractivity contribution in [3.63, 3.8) is 0 Å². The maximum absolute atomic E-state index is 14.2. The molecule has 10 rings (SSSR count). The number of benzene rings is 2. The highest BCUT2D eigenvalue weighted by Crippen LogP contribution is 2.47. The number of aromatic amines is 1. The van der Waals surface area contributed by atoms with Crippen molar-refractivity contribution in [1.29, 1.82) is 0 Å². The molecule has 2 aliphatic heterocycles. The molecule has 2 saturated heterocycles. The molecule has 4 heterocycles. The van der Waals surface area contributed by atoms with Crippen molar-refractivity contribution in [1.82, 2.24) is 40.6 Å². The summed E-state index contributed by atoms with van der Waals surface area (Å²) in [4.78, 5) is 89.3. The van der Waals surface area contributed by atoms with E-state index in [2.05, 4.69) is 59.5 Å². The van der Waals surface area contributed by atoms with Gasteiger partial charge in [-0.05, 0) is 102 Å². The summed E-state index contributed by atoms with van der Waals surface area (Å²) >= 11 is 0. The van der Waals surface area contributed by atoms with Gasteiger partial charge >= 0.3 is 13.1 Å². The summed E-state index contributed by atoms with van der Waals surface area (Å²) in [5, 5.41) is 19.6. The second-order valence-corrected chi connectivity index (χ2v) is 28.3. The lowest BCUT2D eigenvalue weighted by Gasteiger charge is -2.31. The van der Waals surface area contributed by atoms with E-state index in [4.69, 9.17) is 28.7 Å². The number of nitrogens with one attached hydrogen (secondary N) is 7. The first kappa shape index (κ1) is 74.7. The molecular weight excluding hydrogens is 1260 g/mol. The Morgan fingerprint density at radius 2 is 1.33 bits per heavy atom. The molecule has 2 aromatic heterocycles. The standard InChI is InChI=1S/C34H45N5O9S.C24H28N4O6S.CH6BNO.CH4.2ClH/c1-8-20-17-34(20,31(42)38-49(44,45)23-10-11-23)37-29(40)26-16-22(47-27-13-14-35-25-15-21(46-7)9-12-24(25)27)18-39(26)30(41)28(19(2)3)36-32(43)48-33(4,5)6;1-3-14-12-24(14,23(30)28-35(31,32)17-5-6-17)27-22(29)20-11-16(13-26-20)34-21-8-9-25-19-10-15(33-2)4-7-18(19)21;1-2(3)4;;;/h8-9,12-15,19-20,22-23,26,28H,1,10-11,16-18H2,2-7H3,(H,36,43)(H,37,40)(H,38,42);3-4,7-10,14,16-17,20,26H,1,5-6,11-13H2,2H3,(H,27,29)(H,28,30);4H,3H2,1H3;1H4;2*1H/t20-,22-,26+,28+,34-;14-,16-,20+,24-;;;;/m11..../s1. The number of carbonyl (C=O) groups excluding carboxylic acids is 6. The van der Waals surface area contributed by atoms with Gasteiger partial charge < -0.3 is 72.9 Å². The van der Waals surface area contributed by atoms with Gasteiger partial charge in [0.05, 0.1) is 54.3 Å². The number of alkyl carbamates (subject to hydrolysis) is 1. The molecule has 9 atom stereocenters. The Morgan fingerprint density at radius 3 is 1.84 bits per heavy atom. The number of H-pyrrole nitrogens is 1. The number of hydrogen-bond acceptors (Lipinski definition) is 19. The molecule has 500 valence electrons. The average Bonchev–Trinajstić information content (AvgIpc) is 1.59. The minimum absolute atomic E-state index is 0. The molecule has 2 aromatic carbocycles. The van der Waals surface area contributed by atoms with Crippen molar-refractivity contribution >= 4 is 96.9 Å². The van der Waals surface area contributed by atoms with E-state index in [-0.39, 0.29) is 75.5 Å². The first-order valence-electron chi connectivity index (χ1n) is 29.2. The van der Waals surface area contributed by atoms with Gasteiger partial charge in [0.15, 0.2) is 6.20 Å². The number of ether oxygens (including phenoxy) is 5. The first-order chi connectivity index (χ1) is 41.5. The molecule has 31 heteroatoms. The number of carbonyl (C=O) groups is 6. The van der Waals surface area contributed by atoms with E-state index in [1.54, 1.807) is 91.6 Å². The van der Waals surface area contributed by atoms with Gasteiger partial charge in [0.25, 0.3) is 11.8 Å². The minimum atomic E-state index is -3.89. The van der Waals surface area contributed by atoms with Gasteiger partial charge in [0.1, 0.15) is 64.0 Å². The lowest BCUT2D eigenvalue weighted by Crippen LogP contribution is -3.00. The summed E-state index contributed by atoms with van der Waals surface area (Å²) in [6.45, 7) is 18.0. The Kier molecular flexibility index (Phi) is 24.8. The highest BCUT2D eigenvalue weighted by molar-refractivity contribution is 7.91. The quantitative estimate of drug-likeness (QED) is 0.0413. The number of fused-ring (bicyclic) bond motifs is 2. The van der Waals surface area contributed by atoms with Gasteiger partial charge in [-0.15, -0.1) is 25.6 Å². The Labute approximate surface area is 544 Å². The molecule has 6 amide bonds. The predicted molar refractivity (Wildman–Crippen MR) is 339 cm³/mol. The van der Waals surface area contributed by atoms with Crippen LogP contribution in [0.3, 0.4) is 0 Å². The zero-order chi connectivity index (χ0) is 64.3. The van der Waals surface area contributed by atoms with Crippen LogP contribution in [0.2, 0.25) is 6.82 Å². The molecule has 0 radical (unpaired) electrons. The second-order valence-electron chi connectivity index (χ2n) is 24.3. The smallest absolute Gasteiger partial charge is 0.408 e. The van der Waals surface area contributed by atoms with E-state index >= 15 is 0 Å². The number of halogens is 2. The molecular formula is C60H85BCl2N10O16S2. The number of hydrogen-bond donors (Lipinski definition) is 8. The highest BCUT2D eigenvalue weighted by atomic mass is 35.5. The van der Waals surface area contributed by atoms with Crippen molar-refractivity contribution < 1.29 is 91.7 Å². The number of methoxy groups -OCH3 is 2. The van der Waals surface area contributed by atoms with Crippen LogP contribution in [0.1, 0.15) is 93.4 Å². The van der Waals surface area contributed by atoms with Crippen molar-refractivity contribution in [3.05, 3.63) is 86.2 Å². The zero-order valence-corrected chi connectivity index (χ0v) is 54.6. The SMILES string of the molecule is C.C=C[C@@H]1C[C@]1(NC(=O)[C@@H]1C[C@@H](Oc2cc[nH+]c3cc(OC)ccc23)CN1)C(=O)NS(=O)(=O)C1CC1.C=C[C@@H]1C[C@]1(NC(=O)[C@@H]1C[C@@H](Oc2ccnc3cc(OC)ccc23)CN1C(=O)[C@@H](NC(=O)OC(C)(C)C)C(C)C)C(=O)NS(=O)(=O)C1CC1.CB(N)O.Cl.[Cl-]. The predicted octanol–water partition coefficient (Wildman–Crippen LogP) is 0.369. The Morgan fingerprint density at radius 1 is 0.813 bits per heavy atom. The summed E-state index contributed by atoms with van der Waals surface area (Å²) < 4.78 is 82.6. The number of sulfonamides is 2. The zero-order valence-electron chi connectivity index (χ0n) is 51.4. The Bertz CT molecular complexity index is 3580. The van der Waals surface area contributed by atoms with Crippen molar-refractivity contribution in [3.8, 4) is 23.0 Å². The van der Waals surface area contributed by atoms with Crippen LogP contribution in [-0.2, 0) is 48.8 Å². The van der Waals surface area contributed by atoms with Gasteiger partial charge in [-0.25, -0.2) is 26.6 Å². The topological polar surface area (TPSA) is 366 Å².